The largest absolute Gasteiger partial charge is 0.457 e. The van der Waals surface area contributed by atoms with Crippen molar-refractivity contribution in [2.75, 3.05) is 19.7 Å². The molecule has 7 nitrogen and oxygen atoms in total. The maximum absolute atomic E-state index is 13.3. The molecule has 2 atom stereocenters. The Morgan fingerprint density at radius 1 is 1.14 bits per heavy atom. The number of ether oxygens (including phenoxy) is 1. The van der Waals surface area contributed by atoms with Gasteiger partial charge < -0.3 is 25.0 Å². The van der Waals surface area contributed by atoms with Crippen molar-refractivity contribution in [2.24, 2.45) is 0 Å². The maximum Gasteiger partial charge on any atom is 0.416 e. The summed E-state index contributed by atoms with van der Waals surface area (Å²) in [6, 6.07) is 14.2. The molecule has 0 bridgehead atoms. The van der Waals surface area contributed by atoms with Crippen molar-refractivity contribution in [3.05, 3.63) is 77.5 Å². The average molecular weight is 488 g/mol. The molecular formula is C25H23F3N2O5. The second kappa shape index (κ2) is 10.0. The topological polar surface area (TPSA) is 103 Å². The van der Waals surface area contributed by atoms with Crippen LogP contribution in [0.3, 0.4) is 0 Å². The zero-order chi connectivity index (χ0) is 25.2. The fraction of sp³-hybridized carbons (Fsp3) is 0.280. The Morgan fingerprint density at radius 2 is 1.89 bits per heavy atom. The van der Waals surface area contributed by atoms with Gasteiger partial charge in [0.25, 0.3) is 5.91 Å². The summed E-state index contributed by atoms with van der Waals surface area (Å²) in [6.45, 7) is -0.185. The summed E-state index contributed by atoms with van der Waals surface area (Å²) in [5, 5.41) is 28.6. The van der Waals surface area contributed by atoms with Gasteiger partial charge in [0, 0.05) is 18.7 Å². The number of carbonyl (C=O) groups is 1. The summed E-state index contributed by atoms with van der Waals surface area (Å²) in [5.74, 6) is -0.401. The van der Waals surface area contributed by atoms with Crippen LogP contribution in [0.1, 0.15) is 34.1 Å². The van der Waals surface area contributed by atoms with Gasteiger partial charge in [-0.3, -0.25) is 4.79 Å². The van der Waals surface area contributed by atoms with E-state index in [1.54, 1.807) is 42.5 Å². The molecule has 3 aromatic rings. The molecule has 3 N–H and O–H groups in total. The van der Waals surface area contributed by atoms with Crippen LogP contribution in [0, 0.1) is 0 Å². The van der Waals surface area contributed by atoms with Crippen LogP contribution < -0.4 is 4.74 Å². The lowest BCUT2D eigenvalue weighted by molar-refractivity contribution is -0.137. The molecule has 0 aliphatic carbocycles. The molecular weight excluding hydrogens is 465 g/mol. The zero-order valence-corrected chi connectivity index (χ0v) is 18.4. The molecule has 184 valence electrons. The average Bonchev–Trinajstić information content (AvgIpc) is 3.29. The second-order valence-corrected chi connectivity index (χ2v) is 8.17. The molecule has 1 aliphatic heterocycles. The van der Waals surface area contributed by atoms with E-state index in [-0.39, 0.29) is 30.2 Å². The van der Waals surface area contributed by atoms with Crippen molar-refractivity contribution in [3.8, 4) is 22.8 Å². The lowest BCUT2D eigenvalue weighted by Gasteiger charge is -2.19. The van der Waals surface area contributed by atoms with Gasteiger partial charge in [-0.15, -0.1) is 0 Å². The van der Waals surface area contributed by atoms with Gasteiger partial charge in [-0.05, 0) is 61.0 Å². The van der Waals surface area contributed by atoms with Gasteiger partial charge in [-0.25, -0.2) is 4.98 Å². The van der Waals surface area contributed by atoms with E-state index in [9.17, 15) is 28.2 Å². The number of hydrogen-bond acceptors (Lipinski definition) is 6. The lowest BCUT2D eigenvalue weighted by atomic mass is 10.1. The van der Waals surface area contributed by atoms with Crippen molar-refractivity contribution < 1.29 is 38.0 Å². The highest BCUT2D eigenvalue weighted by atomic mass is 19.4. The van der Waals surface area contributed by atoms with Gasteiger partial charge in [0.1, 0.15) is 17.6 Å². The Balaban J connectivity index is 1.60. The summed E-state index contributed by atoms with van der Waals surface area (Å²) in [5.41, 5.74) is 0.314. The predicted molar refractivity (Wildman–Crippen MR) is 120 cm³/mol. The third-order valence-corrected chi connectivity index (χ3v) is 5.65. The van der Waals surface area contributed by atoms with Gasteiger partial charge in [0.05, 0.1) is 35.2 Å². The number of nitrogens with zero attached hydrogens (tertiary/aromatic N) is 2. The van der Waals surface area contributed by atoms with Gasteiger partial charge >= 0.3 is 6.18 Å². The number of β-amino-alcohol motifs (C(OH)–C–C–N with tert-alkyl or cyclic N) is 1. The first-order chi connectivity index (χ1) is 16.7. The highest BCUT2D eigenvalue weighted by molar-refractivity contribution is 5.97. The van der Waals surface area contributed by atoms with Crippen molar-refractivity contribution in [1.82, 2.24) is 9.88 Å². The van der Waals surface area contributed by atoms with E-state index in [0.29, 0.717) is 23.4 Å². The molecule has 1 fully saturated rings. The van der Waals surface area contributed by atoms with E-state index in [1.165, 1.54) is 4.90 Å². The van der Waals surface area contributed by atoms with Crippen LogP contribution in [0.25, 0.3) is 11.3 Å². The van der Waals surface area contributed by atoms with Crippen molar-refractivity contribution in [3.63, 3.8) is 0 Å². The van der Waals surface area contributed by atoms with E-state index in [4.69, 9.17) is 9.84 Å². The number of pyridine rings is 1. The minimum absolute atomic E-state index is 0.0386. The molecule has 10 heteroatoms. The van der Waals surface area contributed by atoms with E-state index in [0.717, 1.165) is 18.2 Å². The van der Waals surface area contributed by atoms with E-state index in [1.807, 2.05) is 0 Å². The monoisotopic (exact) mass is 488 g/mol. The smallest absolute Gasteiger partial charge is 0.416 e. The number of halogens is 3. The molecule has 4 rings (SSSR count). The maximum atomic E-state index is 13.3. The SMILES string of the molecule is O=C(c1cc(C(F)(F)F)ccc1Oc1ccc(-c2cccc([C@H](O)CO)n2)cc1)N1CCC(O)C1. The van der Waals surface area contributed by atoms with Crippen molar-refractivity contribution >= 4 is 5.91 Å². The number of aromatic nitrogens is 1. The first kappa shape index (κ1) is 24.6. The number of aliphatic hydroxyl groups excluding tert-OH is 3. The number of carbonyl (C=O) groups excluding carboxylic acids is 1. The third kappa shape index (κ3) is 5.61. The van der Waals surface area contributed by atoms with Crippen LogP contribution in [0.5, 0.6) is 11.5 Å². The highest BCUT2D eigenvalue weighted by Crippen LogP contribution is 2.35. The van der Waals surface area contributed by atoms with Crippen LogP contribution in [0.2, 0.25) is 0 Å². The number of alkyl halides is 3. The molecule has 1 unspecified atom stereocenters. The summed E-state index contributed by atoms with van der Waals surface area (Å²) >= 11 is 0. The predicted octanol–water partition coefficient (Wildman–Crippen LogP) is 3.79. The van der Waals surface area contributed by atoms with E-state index < -0.39 is 36.5 Å². The standard InChI is InChI=1S/C25H23F3N2O5/c26-25(27,28)16-6-9-23(19(12-16)24(34)30-11-10-17(32)13-30)35-18-7-4-15(5-8-18)20-2-1-3-21(29-20)22(33)14-31/h1-9,12,17,22,31-33H,10-11,13-14H2/t17?,22-/m1/s1. The van der Waals surface area contributed by atoms with Crippen LogP contribution in [0.15, 0.2) is 60.7 Å². The molecule has 1 aliphatic rings. The molecule has 35 heavy (non-hydrogen) atoms. The molecule has 2 heterocycles. The van der Waals surface area contributed by atoms with Gasteiger partial charge in [0.15, 0.2) is 0 Å². The van der Waals surface area contributed by atoms with Crippen molar-refractivity contribution in [2.45, 2.75) is 24.8 Å². The fourth-order valence-electron chi connectivity index (χ4n) is 3.77. The van der Waals surface area contributed by atoms with Crippen LogP contribution in [-0.4, -0.2) is 56.9 Å². The first-order valence-corrected chi connectivity index (χ1v) is 10.9. The summed E-state index contributed by atoms with van der Waals surface area (Å²) in [4.78, 5) is 18.6. The van der Waals surface area contributed by atoms with E-state index in [2.05, 4.69) is 4.98 Å². The third-order valence-electron chi connectivity index (χ3n) is 5.65. The molecule has 0 spiro atoms. The van der Waals surface area contributed by atoms with Crippen LogP contribution >= 0.6 is 0 Å². The zero-order valence-electron chi connectivity index (χ0n) is 18.4. The summed E-state index contributed by atoms with van der Waals surface area (Å²) in [7, 11) is 0. The summed E-state index contributed by atoms with van der Waals surface area (Å²) < 4.78 is 45.7. The molecule has 1 saturated heterocycles. The Kier molecular flexibility index (Phi) is 7.06. The Labute approximate surface area is 199 Å². The Morgan fingerprint density at radius 3 is 2.51 bits per heavy atom. The fourth-order valence-corrected chi connectivity index (χ4v) is 3.77. The number of amides is 1. The molecule has 2 aromatic carbocycles. The quantitative estimate of drug-likeness (QED) is 0.488. The minimum atomic E-state index is -4.63. The van der Waals surface area contributed by atoms with Crippen molar-refractivity contribution in [1.29, 1.82) is 0 Å². The first-order valence-electron chi connectivity index (χ1n) is 10.9. The summed E-state index contributed by atoms with van der Waals surface area (Å²) in [6.07, 6.45) is -6.10. The van der Waals surface area contributed by atoms with Crippen LogP contribution in [0.4, 0.5) is 13.2 Å². The molecule has 1 amide bonds. The van der Waals surface area contributed by atoms with Gasteiger partial charge in [-0.1, -0.05) is 6.07 Å². The second-order valence-electron chi connectivity index (χ2n) is 8.17. The Hall–Kier alpha value is -3.47. The van der Waals surface area contributed by atoms with E-state index >= 15 is 0 Å². The normalized spacial score (nSPS) is 16.9. The minimum Gasteiger partial charge on any atom is -0.457 e. The number of benzene rings is 2. The molecule has 0 radical (unpaired) electrons. The number of hydrogen-bond donors (Lipinski definition) is 3. The Bertz CT molecular complexity index is 1200. The molecule has 1 aromatic heterocycles. The van der Waals surface area contributed by atoms with Crippen LogP contribution in [-0.2, 0) is 6.18 Å². The number of rotatable bonds is 6. The number of aliphatic hydroxyl groups is 3. The number of likely N-dealkylation sites (tertiary alicyclic amines) is 1. The van der Waals surface area contributed by atoms with Gasteiger partial charge in [-0.2, -0.15) is 13.2 Å². The lowest BCUT2D eigenvalue weighted by Crippen LogP contribution is -2.30. The molecule has 0 saturated carbocycles. The van der Waals surface area contributed by atoms with Gasteiger partial charge in [0.2, 0.25) is 0 Å². The highest BCUT2D eigenvalue weighted by Gasteiger charge is 2.34.